The first-order valence-electron chi connectivity index (χ1n) is 6.69. The minimum atomic E-state index is -0.360. The first kappa shape index (κ1) is 13.9. The van der Waals surface area contributed by atoms with Crippen LogP contribution in [0.15, 0.2) is 0 Å². The third-order valence-corrected chi connectivity index (χ3v) is 3.01. The monoisotopic (exact) mass is 229 g/mol. The fourth-order valence-corrected chi connectivity index (χ4v) is 2.08. The predicted molar refractivity (Wildman–Crippen MR) is 66.5 cm³/mol. The highest BCUT2D eigenvalue weighted by Crippen LogP contribution is 2.20. The van der Waals surface area contributed by atoms with E-state index in [1.165, 1.54) is 32.1 Å². The van der Waals surface area contributed by atoms with Crippen molar-refractivity contribution in [1.29, 1.82) is 0 Å². The Morgan fingerprint density at radius 2 is 1.88 bits per heavy atom. The quantitative estimate of drug-likeness (QED) is 0.701. The van der Waals surface area contributed by atoms with E-state index in [4.69, 9.17) is 4.74 Å². The van der Waals surface area contributed by atoms with E-state index in [2.05, 4.69) is 19.2 Å². The Bertz CT molecular complexity index is 167. The number of nitrogens with one attached hydrogen (secondary N) is 1. The van der Waals surface area contributed by atoms with Gasteiger partial charge in [-0.25, -0.2) is 0 Å². The zero-order chi connectivity index (χ0) is 11.8. The van der Waals surface area contributed by atoms with Crippen molar-refractivity contribution in [3.63, 3.8) is 0 Å². The Kier molecular flexibility index (Phi) is 7.01. The van der Waals surface area contributed by atoms with E-state index in [1.54, 1.807) is 0 Å². The standard InChI is InChI=1S/C13H27NO2/c1-11(2)8-14-9-12(15)10-16-13-6-4-3-5-7-13/h11-15H,3-10H2,1-2H3. The minimum absolute atomic E-state index is 0.360. The molecule has 1 aliphatic carbocycles. The Hall–Kier alpha value is -0.120. The maximum Gasteiger partial charge on any atom is 0.0897 e. The van der Waals surface area contributed by atoms with E-state index in [0.29, 0.717) is 25.2 Å². The van der Waals surface area contributed by atoms with Gasteiger partial charge in [0.15, 0.2) is 0 Å². The zero-order valence-corrected chi connectivity index (χ0v) is 10.7. The summed E-state index contributed by atoms with van der Waals surface area (Å²) in [6.45, 7) is 6.41. The van der Waals surface area contributed by atoms with Crippen molar-refractivity contribution in [2.24, 2.45) is 5.92 Å². The van der Waals surface area contributed by atoms with E-state index >= 15 is 0 Å². The molecule has 16 heavy (non-hydrogen) atoms. The molecular weight excluding hydrogens is 202 g/mol. The summed E-state index contributed by atoms with van der Waals surface area (Å²) < 4.78 is 5.71. The molecule has 0 aliphatic heterocycles. The van der Waals surface area contributed by atoms with Crippen LogP contribution in [0.2, 0.25) is 0 Å². The van der Waals surface area contributed by atoms with Crippen LogP contribution in [0.4, 0.5) is 0 Å². The van der Waals surface area contributed by atoms with E-state index < -0.39 is 0 Å². The molecule has 1 saturated carbocycles. The number of aliphatic hydroxyl groups is 1. The molecule has 0 bridgehead atoms. The fourth-order valence-electron chi connectivity index (χ4n) is 2.08. The highest BCUT2D eigenvalue weighted by Gasteiger charge is 2.15. The summed E-state index contributed by atoms with van der Waals surface area (Å²) in [6.07, 6.45) is 6.30. The molecule has 96 valence electrons. The summed E-state index contributed by atoms with van der Waals surface area (Å²) in [6, 6.07) is 0. The molecule has 3 nitrogen and oxygen atoms in total. The van der Waals surface area contributed by atoms with Crippen molar-refractivity contribution in [2.75, 3.05) is 19.7 Å². The summed E-state index contributed by atoms with van der Waals surface area (Å²) in [5, 5.41) is 12.9. The van der Waals surface area contributed by atoms with Crippen molar-refractivity contribution in [3.05, 3.63) is 0 Å². The minimum Gasteiger partial charge on any atom is -0.389 e. The van der Waals surface area contributed by atoms with Crippen molar-refractivity contribution < 1.29 is 9.84 Å². The molecule has 0 aromatic carbocycles. The second-order valence-electron chi connectivity index (χ2n) is 5.30. The van der Waals surface area contributed by atoms with E-state index in [1.807, 2.05) is 0 Å². The molecule has 0 aromatic heterocycles. The molecule has 0 aromatic rings. The van der Waals surface area contributed by atoms with Gasteiger partial charge in [-0.05, 0) is 25.3 Å². The largest absolute Gasteiger partial charge is 0.389 e. The van der Waals surface area contributed by atoms with Crippen LogP contribution in [0.25, 0.3) is 0 Å². The van der Waals surface area contributed by atoms with Gasteiger partial charge in [-0.15, -0.1) is 0 Å². The number of aliphatic hydroxyl groups excluding tert-OH is 1. The Morgan fingerprint density at radius 3 is 2.50 bits per heavy atom. The van der Waals surface area contributed by atoms with Crippen molar-refractivity contribution >= 4 is 0 Å². The SMILES string of the molecule is CC(C)CNCC(O)COC1CCCCC1. The molecule has 0 heterocycles. The highest BCUT2D eigenvalue weighted by atomic mass is 16.5. The average Bonchev–Trinajstić information content (AvgIpc) is 2.27. The lowest BCUT2D eigenvalue weighted by molar-refractivity contribution is -0.0230. The van der Waals surface area contributed by atoms with Crippen LogP contribution in [-0.4, -0.2) is 37.0 Å². The zero-order valence-electron chi connectivity index (χ0n) is 10.7. The first-order chi connectivity index (χ1) is 7.68. The fraction of sp³-hybridized carbons (Fsp3) is 1.00. The van der Waals surface area contributed by atoms with Gasteiger partial charge in [0.1, 0.15) is 0 Å². The van der Waals surface area contributed by atoms with Gasteiger partial charge < -0.3 is 15.2 Å². The molecular formula is C13H27NO2. The lowest BCUT2D eigenvalue weighted by Crippen LogP contribution is -2.34. The van der Waals surface area contributed by atoms with Crippen LogP contribution in [0.3, 0.4) is 0 Å². The third kappa shape index (κ3) is 6.46. The number of hydrogen-bond acceptors (Lipinski definition) is 3. The maximum atomic E-state index is 9.71. The van der Waals surface area contributed by atoms with Crippen molar-refractivity contribution in [3.8, 4) is 0 Å². The lowest BCUT2D eigenvalue weighted by Gasteiger charge is -2.23. The summed E-state index contributed by atoms with van der Waals surface area (Å²) in [5.41, 5.74) is 0. The molecule has 1 unspecified atom stereocenters. The number of ether oxygens (including phenoxy) is 1. The topological polar surface area (TPSA) is 41.5 Å². The third-order valence-electron chi connectivity index (χ3n) is 3.01. The Morgan fingerprint density at radius 1 is 1.19 bits per heavy atom. The smallest absolute Gasteiger partial charge is 0.0897 e. The molecule has 0 radical (unpaired) electrons. The van der Waals surface area contributed by atoms with Crippen LogP contribution in [-0.2, 0) is 4.74 Å². The van der Waals surface area contributed by atoms with E-state index in [-0.39, 0.29) is 6.10 Å². The van der Waals surface area contributed by atoms with Crippen molar-refractivity contribution in [1.82, 2.24) is 5.32 Å². The van der Waals surface area contributed by atoms with Gasteiger partial charge in [0.05, 0.1) is 18.8 Å². The van der Waals surface area contributed by atoms with E-state index in [9.17, 15) is 5.11 Å². The molecule has 0 amide bonds. The van der Waals surface area contributed by atoms with E-state index in [0.717, 1.165) is 6.54 Å². The van der Waals surface area contributed by atoms with Gasteiger partial charge in [0.2, 0.25) is 0 Å². The second kappa shape index (κ2) is 8.04. The van der Waals surface area contributed by atoms with Gasteiger partial charge >= 0.3 is 0 Å². The average molecular weight is 229 g/mol. The molecule has 0 saturated heterocycles. The molecule has 1 rings (SSSR count). The summed E-state index contributed by atoms with van der Waals surface area (Å²) in [5.74, 6) is 0.631. The molecule has 1 fully saturated rings. The van der Waals surface area contributed by atoms with Crippen LogP contribution in [0.1, 0.15) is 46.0 Å². The summed E-state index contributed by atoms with van der Waals surface area (Å²) in [7, 11) is 0. The van der Waals surface area contributed by atoms with Crippen LogP contribution < -0.4 is 5.32 Å². The number of hydrogen-bond donors (Lipinski definition) is 2. The molecule has 3 heteroatoms. The summed E-state index contributed by atoms with van der Waals surface area (Å²) >= 11 is 0. The van der Waals surface area contributed by atoms with Gasteiger partial charge in [0, 0.05) is 6.54 Å². The van der Waals surface area contributed by atoms with Crippen molar-refractivity contribution in [2.45, 2.75) is 58.2 Å². The first-order valence-corrected chi connectivity index (χ1v) is 6.69. The number of rotatable bonds is 7. The lowest BCUT2D eigenvalue weighted by atomic mass is 9.98. The highest BCUT2D eigenvalue weighted by molar-refractivity contribution is 4.67. The molecule has 1 atom stereocenters. The van der Waals surface area contributed by atoms with Gasteiger partial charge in [-0.3, -0.25) is 0 Å². The predicted octanol–water partition coefficient (Wildman–Crippen LogP) is 1.94. The Balaban J connectivity index is 1.98. The maximum absolute atomic E-state index is 9.71. The normalized spacial score (nSPS) is 20.2. The molecule has 2 N–H and O–H groups in total. The van der Waals surface area contributed by atoms with Crippen LogP contribution in [0, 0.1) is 5.92 Å². The van der Waals surface area contributed by atoms with Gasteiger partial charge in [-0.1, -0.05) is 33.1 Å². The molecule has 0 spiro atoms. The Labute approximate surface area is 99.6 Å². The summed E-state index contributed by atoms with van der Waals surface area (Å²) in [4.78, 5) is 0. The van der Waals surface area contributed by atoms with Gasteiger partial charge in [-0.2, -0.15) is 0 Å². The van der Waals surface area contributed by atoms with Crippen LogP contribution in [0.5, 0.6) is 0 Å². The van der Waals surface area contributed by atoms with Crippen LogP contribution >= 0.6 is 0 Å². The van der Waals surface area contributed by atoms with Gasteiger partial charge in [0.25, 0.3) is 0 Å². The molecule has 1 aliphatic rings. The second-order valence-corrected chi connectivity index (χ2v) is 5.30.